The predicted octanol–water partition coefficient (Wildman–Crippen LogP) is 4.35. The van der Waals surface area contributed by atoms with Crippen LogP contribution in [-0.4, -0.2) is 34.2 Å². The first-order valence-electron chi connectivity index (χ1n) is 8.89. The van der Waals surface area contributed by atoms with Gasteiger partial charge in [-0.3, -0.25) is 9.69 Å². The summed E-state index contributed by atoms with van der Waals surface area (Å²) in [4.78, 5) is 14.2. The van der Waals surface area contributed by atoms with Crippen LogP contribution in [0.4, 0.5) is 10.1 Å². The average molecular weight is 401 g/mol. The summed E-state index contributed by atoms with van der Waals surface area (Å²) >= 11 is 6.06. The maximum absolute atomic E-state index is 13.9. The lowest BCUT2D eigenvalue weighted by Crippen LogP contribution is -2.30. The quantitative estimate of drug-likeness (QED) is 0.669. The average Bonchev–Trinajstić information content (AvgIpc) is 2.94. The van der Waals surface area contributed by atoms with Crippen molar-refractivity contribution >= 4 is 23.2 Å². The SMILES string of the molecule is Cc1nn(-c2ccccc2)c(C)c1NC(=O)CN(C)Cc1c(F)cccc1Cl. The second-order valence-electron chi connectivity index (χ2n) is 6.71. The molecule has 3 aromatic rings. The molecule has 2 aromatic carbocycles. The third-order valence-corrected chi connectivity index (χ3v) is 4.81. The standard InChI is InChI=1S/C21H22ClFN4O/c1-14-21(15(2)27(25-14)16-8-5-4-6-9-16)24-20(28)13-26(3)12-17-18(22)10-7-11-19(17)23/h4-11H,12-13H2,1-3H3,(H,24,28). The zero-order chi connectivity index (χ0) is 20.3. The molecule has 1 heterocycles. The molecule has 0 bridgehead atoms. The van der Waals surface area contributed by atoms with E-state index in [0.717, 1.165) is 17.1 Å². The van der Waals surface area contributed by atoms with Crippen LogP contribution < -0.4 is 5.32 Å². The zero-order valence-electron chi connectivity index (χ0n) is 16.0. The molecular weight excluding hydrogens is 379 g/mol. The molecule has 0 saturated heterocycles. The number of anilines is 1. The molecule has 7 heteroatoms. The summed E-state index contributed by atoms with van der Waals surface area (Å²) in [5.41, 5.74) is 3.57. The van der Waals surface area contributed by atoms with Gasteiger partial charge in [0.15, 0.2) is 0 Å². The van der Waals surface area contributed by atoms with E-state index in [9.17, 15) is 9.18 Å². The summed E-state index contributed by atoms with van der Waals surface area (Å²) in [6.07, 6.45) is 0. The molecule has 0 aliphatic carbocycles. The molecule has 28 heavy (non-hydrogen) atoms. The molecule has 1 N–H and O–H groups in total. The Morgan fingerprint density at radius 3 is 2.57 bits per heavy atom. The van der Waals surface area contributed by atoms with Gasteiger partial charge >= 0.3 is 0 Å². The topological polar surface area (TPSA) is 50.2 Å². The van der Waals surface area contributed by atoms with Gasteiger partial charge in [-0.1, -0.05) is 35.9 Å². The zero-order valence-corrected chi connectivity index (χ0v) is 16.8. The lowest BCUT2D eigenvalue weighted by molar-refractivity contribution is -0.117. The van der Waals surface area contributed by atoms with Crippen LogP contribution in [-0.2, 0) is 11.3 Å². The highest BCUT2D eigenvalue weighted by atomic mass is 35.5. The lowest BCUT2D eigenvalue weighted by Gasteiger charge is -2.17. The number of likely N-dealkylation sites (N-methyl/N-ethyl adjacent to an activating group) is 1. The van der Waals surface area contributed by atoms with Crippen molar-refractivity contribution < 1.29 is 9.18 Å². The Kier molecular flexibility index (Phi) is 6.11. The summed E-state index contributed by atoms with van der Waals surface area (Å²) in [6.45, 7) is 4.09. The van der Waals surface area contributed by atoms with Gasteiger partial charge in [-0.25, -0.2) is 9.07 Å². The number of para-hydroxylation sites is 1. The van der Waals surface area contributed by atoms with Gasteiger partial charge in [0.05, 0.1) is 29.3 Å². The number of halogens is 2. The summed E-state index contributed by atoms with van der Waals surface area (Å²) in [7, 11) is 1.75. The highest BCUT2D eigenvalue weighted by Crippen LogP contribution is 2.23. The van der Waals surface area contributed by atoms with Gasteiger partial charge < -0.3 is 5.32 Å². The highest BCUT2D eigenvalue weighted by molar-refractivity contribution is 6.31. The Bertz CT molecular complexity index is 967. The van der Waals surface area contributed by atoms with Crippen molar-refractivity contribution in [2.24, 2.45) is 0 Å². The fraction of sp³-hybridized carbons (Fsp3) is 0.238. The molecule has 1 amide bonds. The molecular formula is C21H22ClFN4O. The van der Waals surface area contributed by atoms with Crippen molar-refractivity contribution in [3.05, 3.63) is 76.3 Å². The van der Waals surface area contributed by atoms with Crippen LogP contribution in [0.25, 0.3) is 5.69 Å². The van der Waals surface area contributed by atoms with Crippen molar-refractivity contribution in [3.63, 3.8) is 0 Å². The number of hydrogen-bond donors (Lipinski definition) is 1. The largest absolute Gasteiger partial charge is 0.322 e. The summed E-state index contributed by atoms with van der Waals surface area (Å²) in [6, 6.07) is 14.3. The van der Waals surface area contributed by atoms with Crippen LogP contribution in [0.15, 0.2) is 48.5 Å². The van der Waals surface area contributed by atoms with Crippen LogP contribution >= 0.6 is 11.6 Å². The van der Waals surface area contributed by atoms with Gasteiger partial charge in [-0.2, -0.15) is 5.10 Å². The number of carbonyl (C=O) groups is 1. The monoisotopic (exact) mass is 400 g/mol. The number of amides is 1. The minimum absolute atomic E-state index is 0.0973. The van der Waals surface area contributed by atoms with E-state index in [-0.39, 0.29) is 24.8 Å². The van der Waals surface area contributed by atoms with E-state index in [1.54, 1.807) is 28.8 Å². The lowest BCUT2D eigenvalue weighted by atomic mass is 10.2. The second kappa shape index (κ2) is 8.54. The number of rotatable bonds is 6. The van der Waals surface area contributed by atoms with Crippen LogP contribution in [0, 0.1) is 19.7 Å². The van der Waals surface area contributed by atoms with Gasteiger partial charge in [0.25, 0.3) is 0 Å². The Morgan fingerprint density at radius 1 is 1.18 bits per heavy atom. The van der Waals surface area contributed by atoms with Gasteiger partial charge in [0, 0.05) is 17.1 Å². The van der Waals surface area contributed by atoms with Gasteiger partial charge in [-0.15, -0.1) is 0 Å². The second-order valence-corrected chi connectivity index (χ2v) is 7.12. The molecule has 0 unspecified atom stereocenters. The molecule has 0 spiro atoms. The Labute approximate surface area is 168 Å². The first-order chi connectivity index (χ1) is 13.4. The molecule has 3 rings (SSSR count). The minimum Gasteiger partial charge on any atom is -0.322 e. The molecule has 1 aromatic heterocycles. The highest BCUT2D eigenvalue weighted by Gasteiger charge is 2.17. The first-order valence-corrected chi connectivity index (χ1v) is 9.27. The summed E-state index contributed by atoms with van der Waals surface area (Å²) < 4.78 is 15.7. The fourth-order valence-corrected chi connectivity index (χ4v) is 3.30. The Balaban J connectivity index is 1.69. The van der Waals surface area contributed by atoms with Crippen LogP contribution in [0.2, 0.25) is 5.02 Å². The van der Waals surface area contributed by atoms with Crippen LogP contribution in [0.1, 0.15) is 17.0 Å². The summed E-state index contributed by atoms with van der Waals surface area (Å²) in [5.74, 6) is -0.579. The first kappa shape index (κ1) is 20.0. The van der Waals surface area contributed by atoms with E-state index >= 15 is 0 Å². The van der Waals surface area contributed by atoms with Gasteiger partial charge in [0.2, 0.25) is 5.91 Å². The van der Waals surface area contributed by atoms with E-state index in [2.05, 4.69) is 10.4 Å². The Hall–Kier alpha value is -2.70. The molecule has 0 fully saturated rings. The molecule has 0 saturated carbocycles. The van der Waals surface area contributed by atoms with Gasteiger partial charge in [0.1, 0.15) is 5.82 Å². The number of nitrogens with zero attached hydrogens (tertiary/aromatic N) is 3. The number of carbonyl (C=O) groups excluding carboxylic acids is 1. The Morgan fingerprint density at radius 2 is 1.89 bits per heavy atom. The normalized spacial score (nSPS) is 11.1. The fourth-order valence-electron chi connectivity index (χ4n) is 3.08. The van der Waals surface area contributed by atoms with Gasteiger partial charge in [-0.05, 0) is 45.2 Å². The number of aryl methyl sites for hydroxylation is 1. The number of nitrogens with one attached hydrogen (secondary N) is 1. The molecule has 5 nitrogen and oxygen atoms in total. The van der Waals surface area contributed by atoms with Crippen molar-refractivity contribution in [3.8, 4) is 5.69 Å². The van der Waals surface area contributed by atoms with Crippen molar-refractivity contribution in [2.45, 2.75) is 20.4 Å². The summed E-state index contributed by atoms with van der Waals surface area (Å²) in [5, 5.41) is 7.80. The maximum atomic E-state index is 13.9. The number of hydrogen-bond acceptors (Lipinski definition) is 3. The smallest absolute Gasteiger partial charge is 0.238 e. The maximum Gasteiger partial charge on any atom is 0.238 e. The van der Waals surface area contributed by atoms with E-state index in [4.69, 9.17) is 11.6 Å². The molecule has 0 radical (unpaired) electrons. The third-order valence-electron chi connectivity index (χ3n) is 4.46. The van der Waals surface area contributed by atoms with Crippen molar-refractivity contribution in [1.29, 1.82) is 0 Å². The number of aromatic nitrogens is 2. The molecule has 0 aliphatic rings. The predicted molar refractivity (Wildman–Crippen MR) is 109 cm³/mol. The van der Waals surface area contributed by atoms with E-state index in [0.29, 0.717) is 16.3 Å². The molecule has 0 atom stereocenters. The number of benzene rings is 2. The van der Waals surface area contributed by atoms with Crippen LogP contribution in [0.3, 0.4) is 0 Å². The minimum atomic E-state index is -0.379. The van der Waals surface area contributed by atoms with E-state index in [1.165, 1.54) is 6.07 Å². The van der Waals surface area contributed by atoms with Crippen molar-refractivity contribution in [2.75, 3.05) is 18.9 Å². The third kappa shape index (κ3) is 4.40. The van der Waals surface area contributed by atoms with E-state index in [1.807, 2.05) is 44.2 Å². The van der Waals surface area contributed by atoms with Crippen LogP contribution in [0.5, 0.6) is 0 Å². The van der Waals surface area contributed by atoms with E-state index < -0.39 is 0 Å². The van der Waals surface area contributed by atoms with Crippen molar-refractivity contribution in [1.82, 2.24) is 14.7 Å². The molecule has 0 aliphatic heterocycles. The molecule has 146 valence electrons.